The van der Waals surface area contributed by atoms with Crippen LogP contribution < -0.4 is 10.1 Å². The molecule has 1 aliphatic heterocycles. The summed E-state index contributed by atoms with van der Waals surface area (Å²) in [6.07, 6.45) is 3.56. The molecule has 0 aliphatic carbocycles. The first-order chi connectivity index (χ1) is 15.5. The van der Waals surface area contributed by atoms with Gasteiger partial charge in [-0.1, -0.05) is 49.2 Å². The Balaban J connectivity index is 1.81. The molecule has 1 amide bonds. The summed E-state index contributed by atoms with van der Waals surface area (Å²) in [4.78, 5) is 25.6. The molecule has 32 heavy (non-hydrogen) atoms. The molecule has 2 aromatic carbocycles. The molecular weight excluding hydrogens is 446 g/mol. The number of nitrogens with one attached hydrogen (secondary N) is 1. The van der Waals surface area contributed by atoms with Gasteiger partial charge in [-0.25, -0.2) is 4.79 Å². The van der Waals surface area contributed by atoms with Gasteiger partial charge in [-0.3, -0.25) is 4.79 Å². The second-order valence-electron chi connectivity index (χ2n) is 7.79. The average molecular weight is 476 g/mol. The van der Waals surface area contributed by atoms with Gasteiger partial charge in [0.15, 0.2) is 6.10 Å². The molecule has 7 heteroatoms. The Labute approximate surface area is 199 Å². The average Bonchev–Trinajstić information content (AvgIpc) is 3.15. The molecule has 0 radical (unpaired) electrons. The molecule has 1 aliphatic rings. The first-order valence-electron chi connectivity index (χ1n) is 11.0. The normalized spacial score (nSPS) is 17.9. The molecule has 172 valence electrons. The van der Waals surface area contributed by atoms with Crippen LogP contribution in [0.2, 0.25) is 5.02 Å². The molecule has 0 aromatic heterocycles. The van der Waals surface area contributed by atoms with Crippen molar-refractivity contribution >= 4 is 35.2 Å². The van der Waals surface area contributed by atoms with Gasteiger partial charge in [0, 0.05) is 16.5 Å². The number of esters is 1. The topological polar surface area (TPSA) is 64.6 Å². The van der Waals surface area contributed by atoms with Gasteiger partial charge in [-0.05, 0) is 61.1 Å². The zero-order valence-corrected chi connectivity index (χ0v) is 20.3. The number of hydrogen-bond acceptors (Lipinski definition) is 5. The van der Waals surface area contributed by atoms with E-state index in [0.717, 1.165) is 35.3 Å². The van der Waals surface area contributed by atoms with Crippen molar-refractivity contribution in [2.24, 2.45) is 0 Å². The lowest BCUT2D eigenvalue weighted by Gasteiger charge is -2.22. The minimum absolute atomic E-state index is 0.0577. The Morgan fingerprint density at radius 3 is 2.53 bits per heavy atom. The summed E-state index contributed by atoms with van der Waals surface area (Å²) in [5, 5.41) is 3.57. The lowest BCUT2D eigenvalue weighted by atomic mass is 9.89. The van der Waals surface area contributed by atoms with Crippen molar-refractivity contribution in [3.05, 3.63) is 53.1 Å². The molecule has 1 N–H and O–H groups in total. The van der Waals surface area contributed by atoms with E-state index < -0.39 is 18.1 Å². The predicted octanol–water partition coefficient (Wildman–Crippen LogP) is 5.45. The fourth-order valence-corrected chi connectivity index (χ4v) is 4.58. The van der Waals surface area contributed by atoms with Gasteiger partial charge in [0.25, 0.3) is 5.91 Å². The molecule has 3 unspecified atom stereocenters. The van der Waals surface area contributed by atoms with Gasteiger partial charge >= 0.3 is 5.97 Å². The van der Waals surface area contributed by atoms with Crippen LogP contribution in [0.15, 0.2) is 42.5 Å². The maximum atomic E-state index is 13.2. The van der Waals surface area contributed by atoms with Crippen LogP contribution in [0, 0.1) is 0 Å². The fraction of sp³-hybridized carbons (Fsp3) is 0.440. The van der Waals surface area contributed by atoms with Crippen molar-refractivity contribution in [1.82, 2.24) is 5.32 Å². The number of benzene rings is 2. The molecule has 5 nitrogen and oxygen atoms in total. The zero-order chi connectivity index (χ0) is 23.1. The highest BCUT2D eigenvalue weighted by Gasteiger charge is 2.40. The third-order valence-electron chi connectivity index (χ3n) is 5.57. The van der Waals surface area contributed by atoms with E-state index in [1.165, 1.54) is 0 Å². The smallest absolute Gasteiger partial charge is 0.328 e. The summed E-state index contributed by atoms with van der Waals surface area (Å²) in [5.41, 5.74) is 3.06. The third-order valence-corrected chi connectivity index (χ3v) is 6.46. The van der Waals surface area contributed by atoms with Crippen LogP contribution in [0.4, 0.5) is 0 Å². The molecule has 0 bridgehead atoms. The Morgan fingerprint density at radius 1 is 1.16 bits per heavy atom. The quantitative estimate of drug-likeness (QED) is 0.463. The largest absolute Gasteiger partial charge is 0.480 e. The van der Waals surface area contributed by atoms with E-state index in [4.69, 9.17) is 21.1 Å². The van der Waals surface area contributed by atoms with Crippen molar-refractivity contribution in [2.45, 2.75) is 51.2 Å². The highest BCUT2D eigenvalue weighted by molar-refractivity contribution is 7.98. The summed E-state index contributed by atoms with van der Waals surface area (Å²) in [6, 6.07) is 13.0. The lowest BCUT2D eigenvalue weighted by molar-refractivity contribution is -0.148. The molecular formula is C25H30ClNO4S. The first-order valence-corrected chi connectivity index (χ1v) is 12.8. The number of ether oxygens (including phenoxy) is 2. The van der Waals surface area contributed by atoms with Crippen molar-refractivity contribution in [2.75, 3.05) is 18.6 Å². The van der Waals surface area contributed by atoms with E-state index in [-0.39, 0.29) is 18.4 Å². The molecule has 0 saturated carbocycles. The number of hydrogen-bond donors (Lipinski definition) is 1. The monoisotopic (exact) mass is 475 g/mol. The van der Waals surface area contributed by atoms with E-state index in [2.05, 4.69) is 12.2 Å². The summed E-state index contributed by atoms with van der Waals surface area (Å²) >= 11 is 7.64. The van der Waals surface area contributed by atoms with Gasteiger partial charge in [0.05, 0.1) is 6.61 Å². The Hall–Kier alpha value is -2.18. The third kappa shape index (κ3) is 5.78. The van der Waals surface area contributed by atoms with E-state index in [1.807, 2.05) is 48.7 Å². The van der Waals surface area contributed by atoms with Gasteiger partial charge in [-0.15, -0.1) is 0 Å². The highest BCUT2D eigenvalue weighted by atomic mass is 35.5. The van der Waals surface area contributed by atoms with Crippen LogP contribution in [0.25, 0.3) is 11.1 Å². The van der Waals surface area contributed by atoms with Crippen molar-refractivity contribution < 1.29 is 19.1 Å². The number of halogens is 1. The van der Waals surface area contributed by atoms with Gasteiger partial charge in [0.1, 0.15) is 11.8 Å². The Bertz CT molecular complexity index is 934. The summed E-state index contributed by atoms with van der Waals surface area (Å²) in [5.74, 6) is 0.734. The maximum absolute atomic E-state index is 13.2. The SMILES string of the molecule is CCCC1c2ccc(-c3ccc(Cl)cc3)cc2OC1C(=O)NC(CCSC)C(=O)OCC. The summed E-state index contributed by atoms with van der Waals surface area (Å²) < 4.78 is 11.3. The second kappa shape index (κ2) is 11.6. The minimum atomic E-state index is -0.672. The van der Waals surface area contributed by atoms with Crippen molar-refractivity contribution in [3.63, 3.8) is 0 Å². The predicted molar refractivity (Wildman–Crippen MR) is 131 cm³/mol. The molecule has 0 saturated heterocycles. The lowest BCUT2D eigenvalue weighted by Crippen LogP contribution is -2.48. The Morgan fingerprint density at radius 2 is 1.88 bits per heavy atom. The summed E-state index contributed by atoms with van der Waals surface area (Å²) in [6.45, 7) is 4.13. The molecule has 2 aromatic rings. The zero-order valence-electron chi connectivity index (χ0n) is 18.7. The molecule has 3 atom stereocenters. The number of amides is 1. The van der Waals surface area contributed by atoms with Gasteiger partial charge in [0.2, 0.25) is 0 Å². The molecule has 0 fully saturated rings. The molecule has 1 heterocycles. The van der Waals surface area contributed by atoms with Gasteiger partial charge in [-0.2, -0.15) is 11.8 Å². The second-order valence-corrected chi connectivity index (χ2v) is 9.21. The van der Waals surface area contributed by atoms with Crippen LogP contribution >= 0.6 is 23.4 Å². The van der Waals surface area contributed by atoms with Crippen LogP contribution in [-0.2, 0) is 14.3 Å². The van der Waals surface area contributed by atoms with E-state index >= 15 is 0 Å². The van der Waals surface area contributed by atoms with E-state index in [0.29, 0.717) is 17.2 Å². The maximum Gasteiger partial charge on any atom is 0.328 e. The summed E-state index contributed by atoms with van der Waals surface area (Å²) in [7, 11) is 0. The van der Waals surface area contributed by atoms with Gasteiger partial charge < -0.3 is 14.8 Å². The highest BCUT2D eigenvalue weighted by Crippen LogP contribution is 2.43. The fourth-order valence-electron chi connectivity index (χ4n) is 3.98. The number of rotatable bonds is 10. The number of fused-ring (bicyclic) bond motifs is 1. The van der Waals surface area contributed by atoms with E-state index in [9.17, 15) is 9.59 Å². The standard InChI is InChI=1S/C25H30ClNO4S/c1-4-6-20-19-12-9-17(16-7-10-18(26)11-8-16)15-22(19)31-23(20)24(28)27-21(13-14-32-3)25(29)30-5-2/h7-12,15,20-21,23H,4-6,13-14H2,1-3H3,(H,27,28). The van der Waals surface area contributed by atoms with E-state index in [1.54, 1.807) is 18.7 Å². The van der Waals surface area contributed by atoms with Crippen molar-refractivity contribution in [3.8, 4) is 16.9 Å². The van der Waals surface area contributed by atoms with Crippen LogP contribution in [0.1, 0.15) is 44.6 Å². The van der Waals surface area contributed by atoms with Crippen LogP contribution in [0.5, 0.6) is 5.75 Å². The number of carbonyl (C=O) groups excluding carboxylic acids is 2. The Kier molecular flexibility index (Phi) is 8.88. The van der Waals surface area contributed by atoms with Crippen LogP contribution in [0.3, 0.4) is 0 Å². The minimum Gasteiger partial charge on any atom is -0.480 e. The molecule has 0 spiro atoms. The van der Waals surface area contributed by atoms with Crippen molar-refractivity contribution in [1.29, 1.82) is 0 Å². The number of carbonyl (C=O) groups is 2. The molecule has 3 rings (SSSR count). The first kappa shape index (κ1) is 24.5. The number of thioether (sulfide) groups is 1. The van der Waals surface area contributed by atoms with Crippen LogP contribution in [-0.4, -0.2) is 42.6 Å².